The topological polar surface area (TPSA) is 97.4 Å². The monoisotopic (exact) mass is 415 g/mol. The van der Waals surface area contributed by atoms with Crippen LogP contribution in [0.2, 0.25) is 0 Å². The largest absolute Gasteiger partial charge is 0.452 e. The zero-order valence-electron chi connectivity index (χ0n) is 14.0. The number of ether oxygens (including phenoxy) is 1. The highest BCUT2D eigenvalue weighted by atomic mass is 32.2. The molecule has 144 valence electrons. The molecule has 2 N–H and O–H groups in total. The van der Waals surface area contributed by atoms with Gasteiger partial charge >= 0.3 is 5.97 Å². The Morgan fingerprint density at radius 1 is 1.19 bits per heavy atom. The number of amides is 2. The van der Waals surface area contributed by atoms with Gasteiger partial charge in [0, 0.05) is 16.0 Å². The summed E-state index contributed by atoms with van der Waals surface area (Å²) in [7, 11) is 0. The number of nitrogens with zero attached hydrogens (tertiary/aromatic N) is 1. The molecule has 1 heterocycles. The number of aryl methyl sites for hydroxylation is 1. The predicted octanol–water partition coefficient (Wildman–Crippen LogP) is 2.31. The van der Waals surface area contributed by atoms with Crippen LogP contribution in [0.5, 0.6) is 0 Å². The van der Waals surface area contributed by atoms with Crippen LogP contribution < -0.4 is 10.9 Å². The summed E-state index contributed by atoms with van der Waals surface area (Å²) in [5.74, 6) is -4.53. The lowest BCUT2D eigenvalue weighted by Crippen LogP contribution is -2.44. The summed E-state index contributed by atoms with van der Waals surface area (Å²) in [6.07, 6.45) is 0.0154. The van der Waals surface area contributed by atoms with Gasteiger partial charge < -0.3 is 4.74 Å². The molecule has 0 aliphatic heterocycles. The maximum Gasteiger partial charge on any atom is 0.338 e. The molecule has 1 aromatic heterocycles. The highest BCUT2D eigenvalue weighted by Gasteiger charge is 2.13. The Hall–Kier alpha value is -2.53. The third-order valence-corrected chi connectivity index (χ3v) is 4.66. The standard InChI is InChI=1S/C16H15F2N3O4S2/c1-9-8-26-14(19-9)6-12(22)20-21-13(23)7-25-15(24)10-2-4-11(5-3-10)27-16(17)18/h2-5,8,16H,6-7H2,1H3,(H,20,22)(H,21,23). The van der Waals surface area contributed by atoms with Crippen LogP contribution in [0.4, 0.5) is 8.78 Å². The minimum atomic E-state index is -2.55. The zero-order valence-corrected chi connectivity index (χ0v) is 15.7. The van der Waals surface area contributed by atoms with Gasteiger partial charge in [-0.05, 0) is 31.2 Å². The van der Waals surface area contributed by atoms with Crippen LogP contribution in [-0.2, 0) is 20.7 Å². The molecule has 2 amide bonds. The lowest BCUT2D eigenvalue weighted by Gasteiger charge is -2.08. The number of thiazole rings is 1. The Bertz CT molecular complexity index is 812. The summed E-state index contributed by atoms with van der Waals surface area (Å²) in [5, 5.41) is 2.42. The molecule has 2 aromatic rings. The van der Waals surface area contributed by atoms with Gasteiger partial charge in [-0.25, -0.2) is 9.78 Å². The van der Waals surface area contributed by atoms with Crippen molar-refractivity contribution >= 4 is 40.9 Å². The molecule has 0 aliphatic rings. The average molecular weight is 415 g/mol. The maximum absolute atomic E-state index is 12.2. The minimum absolute atomic E-state index is 0.0154. The first-order valence-corrected chi connectivity index (χ1v) is 9.30. The summed E-state index contributed by atoms with van der Waals surface area (Å²) >= 11 is 1.69. The van der Waals surface area contributed by atoms with Gasteiger partial charge in [0.2, 0.25) is 5.91 Å². The Kier molecular flexibility index (Phi) is 7.67. The minimum Gasteiger partial charge on any atom is -0.452 e. The summed E-state index contributed by atoms with van der Waals surface area (Å²) in [4.78, 5) is 39.5. The van der Waals surface area contributed by atoms with Gasteiger partial charge in [-0.15, -0.1) is 11.3 Å². The van der Waals surface area contributed by atoms with E-state index < -0.39 is 30.1 Å². The quantitative estimate of drug-likeness (QED) is 0.409. The molecule has 0 saturated heterocycles. The third kappa shape index (κ3) is 7.31. The molecule has 7 nitrogen and oxygen atoms in total. The average Bonchev–Trinajstić information content (AvgIpc) is 3.02. The summed E-state index contributed by atoms with van der Waals surface area (Å²) < 4.78 is 29.3. The Balaban J connectivity index is 1.71. The molecular weight excluding hydrogens is 400 g/mol. The molecule has 0 fully saturated rings. The first kappa shape index (κ1) is 20.8. The molecule has 0 spiro atoms. The molecular formula is C16H15F2N3O4S2. The zero-order chi connectivity index (χ0) is 19.8. The number of esters is 1. The number of nitrogens with one attached hydrogen (secondary N) is 2. The van der Waals surface area contributed by atoms with Gasteiger partial charge in [0.05, 0.1) is 12.0 Å². The molecule has 0 atom stereocenters. The number of halogens is 2. The third-order valence-electron chi connectivity index (χ3n) is 2.97. The lowest BCUT2D eigenvalue weighted by molar-refractivity contribution is -0.130. The molecule has 0 radical (unpaired) electrons. The van der Waals surface area contributed by atoms with Crippen molar-refractivity contribution in [1.82, 2.24) is 15.8 Å². The number of alkyl halides is 2. The van der Waals surface area contributed by atoms with E-state index in [0.717, 1.165) is 5.69 Å². The first-order valence-electron chi connectivity index (χ1n) is 7.54. The van der Waals surface area contributed by atoms with E-state index in [9.17, 15) is 23.2 Å². The number of rotatable bonds is 7. The number of hydrogen-bond donors (Lipinski definition) is 2. The van der Waals surface area contributed by atoms with Gasteiger partial charge in [0.1, 0.15) is 5.01 Å². The van der Waals surface area contributed by atoms with Crippen LogP contribution in [0.3, 0.4) is 0 Å². The van der Waals surface area contributed by atoms with Gasteiger partial charge in [-0.2, -0.15) is 8.78 Å². The second-order valence-electron chi connectivity index (χ2n) is 5.13. The van der Waals surface area contributed by atoms with E-state index in [1.54, 1.807) is 12.3 Å². The molecule has 0 saturated carbocycles. The highest BCUT2D eigenvalue weighted by molar-refractivity contribution is 7.99. The molecule has 0 aliphatic carbocycles. The van der Waals surface area contributed by atoms with Crippen LogP contribution >= 0.6 is 23.1 Å². The summed E-state index contributed by atoms with van der Waals surface area (Å²) in [6, 6.07) is 5.35. The molecule has 0 unspecified atom stereocenters. The van der Waals surface area contributed by atoms with Gasteiger partial charge in [0.15, 0.2) is 6.61 Å². The van der Waals surface area contributed by atoms with Crippen molar-refractivity contribution in [3.63, 3.8) is 0 Å². The van der Waals surface area contributed by atoms with E-state index in [4.69, 9.17) is 4.74 Å². The van der Waals surface area contributed by atoms with Crippen molar-refractivity contribution in [3.05, 3.63) is 45.9 Å². The predicted molar refractivity (Wildman–Crippen MR) is 95.4 cm³/mol. The van der Waals surface area contributed by atoms with Crippen LogP contribution in [0.1, 0.15) is 21.1 Å². The SMILES string of the molecule is Cc1csc(CC(=O)NNC(=O)COC(=O)c2ccc(SC(F)F)cc2)n1. The van der Waals surface area contributed by atoms with Crippen molar-refractivity contribution in [2.45, 2.75) is 24.0 Å². The fraction of sp³-hybridized carbons (Fsp3) is 0.250. The van der Waals surface area contributed by atoms with E-state index in [2.05, 4.69) is 15.8 Å². The smallest absolute Gasteiger partial charge is 0.338 e. The number of benzene rings is 1. The van der Waals surface area contributed by atoms with E-state index in [1.807, 2.05) is 0 Å². The fourth-order valence-electron chi connectivity index (χ4n) is 1.83. The molecule has 0 bridgehead atoms. The number of carbonyl (C=O) groups is 3. The normalized spacial score (nSPS) is 10.5. The second-order valence-corrected chi connectivity index (χ2v) is 7.14. The van der Waals surface area contributed by atoms with E-state index in [1.165, 1.54) is 35.6 Å². The van der Waals surface area contributed by atoms with Crippen molar-refractivity contribution in [2.75, 3.05) is 6.61 Å². The van der Waals surface area contributed by atoms with E-state index in [0.29, 0.717) is 21.7 Å². The van der Waals surface area contributed by atoms with Crippen molar-refractivity contribution in [3.8, 4) is 0 Å². The number of carbonyl (C=O) groups excluding carboxylic acids is 3. The van der Waals surface area contributed by atoms with Gasteiger partial charge in [0.25, 0.3) is 11.7 Å². The summed E-state index contributed by atoms with van der Waals surface area (Å²) in [5.41, 5.74) is 5.23. The number of thioether (sulfide) groups is 1. The summed E-state index contributed by atoms with van der Waals surface area (Å²) in [6.45, 7) is 1.20. The Morgan fingerprint density at radius 3 is 2.44 bits per heavy atom. The molecule has 27 heavy (non-hydrogen) atoms. The molecule has 11 heteroatoms. The number of hydrogen-bond acceptors (Lipinski definition) is 7. The molecule has 2 rings (SSSR count). The van der Waals surface area contributed by atoms with Crippen LogP contribution in [0.15, 0.2) is 34.5 Å². The van der Waals surface area contributed by atoms with Crippen molar-refractivity contribution < 1.29 is 27.9 Å². The fourth-order valence-corrected chi connectivity index (χ4v) is 3.10. The van der Waals surface area contributed by atoms with Gasteiger partial charge in [-0.1, -0.05) is 11.8 Å². The van der Waals surface area contributed by atoms with Crippen molar-refractivity contribution in [2.24, 2.45) is 0 Å². The maximum atomic E-state index is 12.2. The first-order chi connectivity index (χ1) is 12.8. The lowest BCUT2D eigenvalue weighted by atomic mass is 10.2. The Morgan fingerprint density at radius 2 is 1.85 bits per heavy atom. The second kappa shape index (κ2) is 9.97. The van der Waals surface area contributed by atoms with E-state index in [-0.39, 0.29) is 12.0 Å². The van der Waals surface area contributed by atoms with Crippen LogP contribution in [0.25, 0.3) is 0 Å². The molecule has 1 aromatic carbocycles. The highest BCUT2D eigenvalue weighted by Crippen LogP contribution is 2.25. The van der Waals surface area contributed by atoms with Crippen LogP contribution in [0, 0.1) is 6.92 Å². The number of aromatic nitrogens is 1. The van der Waals surface area contributed by atoms with Gasteiger partial charge in [-0.3, -0.25) is 20.4 Å². The number of hydrazine groups is 1. The van der Waals surface area contributed by atoms with Crippen LogP contribution in [-0.4, -0.2) is 35.1 Å². The van der Waals surface area contributed by atoms with Crippen molar-refractivity contribution in [1.29, 1.82) is 0 Å². The van der Waals surface area contributed by atoms with E-state index >= 15 is 0 Å². The Labute approximate surface area is 161 Å².